The lowest BCUT2D eigenvalue weighted by Gasteiger charge is -2.32. The SMILES string of the molecule is CC(C)CC(=O)N1CCC(C(=O)Nc2ccccc2OC2=CC=C(OC(F)(F)F)CC2)CC1. The number of nitrogens with zero attached hydrogens (tertiary/aromatic N) is 1. The number of ether oxygens (including phenoxy) is 2. The van der Waals surface area contributed by atoms with Gasteiger partial charge in [0.1, 0.15) is 17.3 Å². The van der Waals surface area contributed by atoms with Crippen molar-refractivity contribution in [2.45, 2.75) is 52.3 Å². The molecule has 0 bridgehead atoms. The summed E-state index contributed by atoms with van der Waals surface area (Å²) < 4.78 is 46.8. The Hall–Kier alpha value is -2.97. The van der Waals surface area contributed by atoms with Crippen LogP contribution in [0.4, 0.5) is 18.9 Å². The highest BCUT2D eigenvalue weighted by molar-refractivity contribution is 5.94. The van der Waals surface area contributed by atoms with E-state index in [1.807, 2.05) is 18.7 Å². The number of benzene rings is 1. The molecule has 0 aromatic heterocycles. The second-order valence-electron chi connectivity index (χ2n) is 8.65. The fourth-order valence-electron chi connectivity index (χ4n) is 3.82. The first-order chi connectivity index (χ1) is 15.6. The molecular formula is C24H29F3N2O4. The quantitative estimate of drug-likeness (QED) is 0.585. The Balaban J connectivity index is 1.57. The van der Waals surface area contributed by atoms with Gasteiger partial charge in [0, 0.05) is 38.3 Å². The third-order valence-corrected chi connectivity index (χ3v) is 5.51. The first-order valence-corrected chi connectivity index (χ1v) is 11.1. The van der Waals surface area contributed by atoms with Crippen molar-refractivity contribution in [3.8, 4) is 5.75 Å². The van der Waals surface area contributed by atoms with Crippen LogP contribution in [0.15, 0.2) is 47.9 Å². The van der Waals surface area contributed by atoms with Crippen LogP contribution in [0.5, 0.6) is 5.75 Å². The number of halogens is 3. The van der Waals surface area contributed by atoms with Crippen LogP contribution in [-0.2, 0) is 14.3 Å². The number of para-hydroxylation sites is 2. The molecule has 1 saturated heterocycles. The molecule has 0 spiro atoms. The van der Waals surface area contributed by atoms with E-state index in [1.54, 1.807) is 24.3 Å². The maximum Gasteiger partial charge on any atom is 0.572 e. The van der Waals surface area contributed by atoms with Gasteiger partial charge < -0.3 is 19.7 Å². The van der Waals surface area contributed by atoms with Gasteiger partial charge in [-0.2, -0.15) is 0 Å². The molecule has 3 rings (SSSR count). The highest BCUT2D eigenvalue weighted by Gasteiger charge is 2.32. The molecular weight excluding hydrogens is 437 g/mol. The fourth-order valence-corrected chi connectivity index (χ4v) is 3.82. The second kappa shape index (κ2) is 10.8. The minimum Gasteiger partial charge on any atom is -0.460 e. The topological polar surface area (TPSA) is 67.9 Å². The first-order valence-electron chi connectivity index (χ1n) is 11.1. The molecule has 2 aliphatic rings. The van der Waals surface area contributed by atoms with Crippen molar-refractivity contribution >= 4 is 17.5 Å². The van der Waals surface area contributed by atoms with Gasteiger partial charge in [0.05, 0.1) is 5.69 Å². The number of piperidine rings is 1. The summed E-state index contributed by atoms with van der Waals surface area (Å²) in [4.78, 5) is 26.9. The van der Waals surface area contributed by atoms with Crippen molar-refractivity contribution in [3.05, 3.63) is 47.9 Å². The van der Waals surface area contributed by atoms with Gasteiger partial charge in [0.2, 0.25) is 11.8 Å². The van der Waals surface area contributed by atoms with Crippen LogP contribution in [0.1, 0.15) is 46.0 Å². The van der Waals surface area contributed by atoms with E-state index in [-0.39, 0.29) is 36.3 Å². The van der Waals surface area contributed by atoms with Crippen LogP contribution < -0.4 is 10.1 Å². The van der Waals surface area contributed by atoms with Crippen molar-refractivity contribution < 1.29 is 32.2 Å². The average Bonchev–Trinajstić information content (AvgIpc) is 2.75. The molecule has 1 heterocycles. The molecule has 1 aliphatic heterocycles. The van der Waals surface area contributed by atoms with Gasteiger partial charge in [-0.25, -0.2) is 0 Å². The number of anilines is 1. The molecule has 0 saturated carbocycles. The summed E-state index contributed by atoms with van der Waals surface area (Å²) in [5.74, 6) is 0.795. The first kappa shape index (κ1) is 24.7. The molecule has 9 heteroatoms. The number of nitrogens with one attached hydrogen (secondary N) is 1. The monoisotopic (exact) mass is 466 g/mol. The summed E-state index contributed by atoms with van der Waals surface area (Å²) in [5.41, 5.74) is 0.489. The summed E-state index contributed by atoms with van der Waals surface area (Å²) in [5, 5.41) is 2.90. The van der Waals surface area contributed by atoms with E-state index in [0.29, 0.717) is 55.5 Å². The van der Waals surface area contributed by atoms with Crippen LogP contribution in [0, 0.1) is 11.8 Å². The van der Waals surface area contributed by atoms with Crippen molar-refractivity contribution in [2.24, 2.45) is 11.8 Å². The van der Waals surface area contributed by atoms with E-state index in [2.05, 4.69) is 10.1 Å². The summed E-state index contributed by atoms with van der Waals surface area (Å²) in [7, 11) is 0. The van der Waals surface area contributed by atoms with Crippen LogP contribution in [0.25, 0.3) is 0 Å². The van der Waals surface area contributed by atoms with Crippen molar-refractivity contribution in [1.29, 1.82) is 0 Å². The van der Waals surface area contributed by atoms with E-state index in [4.69, 9.17) is 4.74 Å². The van der Waals surface area contributed by atoms with Crippen LogP contribution in [0.3, 0.4) is 0 Å². The molecule has 1 aromatic rings. The number of carbonyl (C=O) groups excluding carboxylic acids is 2. The van der Waals surface area contributed by atoms with E-state index in [9.17, 15) is 22.8 Å². The largest absolute Gasteiger partial charge is 0.572 e. The van der Waals surface area contributed by atoms with Crippen molar-refractivity contribution in [3.63, 3.8) is 0 Å². The molecule has 1 aromatic carbocycles. The van der Waals surface area contributed by atoms with E-state index in [1.165, 1.54) is 12.2 Å². The summed E-state index contributed by atoms with van der Waals surface area (Å²) in [6, 6.07) is 6.92. The van der Waals surface area contributed by atoms with Crippen LogP contribution in [0.2, 0.25) is 0 Å². The smallest absolute Gasteiger partial charge is 0.460 e. The molecule has 1 N–H and O–H groups in total. The van der Waals surface area contributed by atoms with Crippen LogP contribution >= 0.6 is 0 Å². The molecule has 6 nitrogen and oxygen atoms in total. The molecule has 2 amide bonds. The van der Waals surface area contributed by atoms with Gasteiger partial charge in [0.15, 0.2) is 0 Å². The summed E-state index contributed by atoms with van der Waals surface area (Å²) in [6.07, 6.45) is -0.0353. The Morgan fingerprint density at radius 2 is 1.73 bits per heavy atom. The molecule has 0 unspecified atom stereocenters. The van der Waals surface area contributed by atoms with E-state index >= 15 is 0 Å². The summed E-state index contributed by atoms with van der Waals surface area (Å²) in [6.45, 7) is 5.13. The zero-order valence-electron chi connectivity index (χ0n) is 18.8. The lowest BCUT2D eigenvalue weighted by molar-refractivity contribution is -0.306. The van der Waals surface area contributed by atoms with E-state index < -0.39 is 6.36 Å². The Morgan fingerprint density at radius 3 is 2.33 bits per heavy atom. The Kier molecular flexibility index (Phi) is 8.05. The lowest BCUT2D eigenvalue weighted by Crippen LogP contribution is -2.41. The number of allylic oxidation sites excluding steroid dienone is 4. The highest BCUT2D eigenvalue weighted by Crippen LogP contribution is 2.32. The zero-order valence-corrected chi connectivity index (χ0v) is 18.8. The number of carbonyl (C=O) groups is 2. The van der Waals surface area contributed by atoms with Gasteiger partial charge in [-0.15, -0.1) is 13.2 Å². The third kappa shape index (κ3) is 7.54. The lowest BCUT2D eigenvalue weighted by atomic mass is 9.95. The minimum atomic E-state index is -4.72. The molecule has 33 heavy (non-hydrogen) atoms. The maximum absolute atomic E-state index is 12.8. The minimum absolute atomic E-state index is 0.0635. The summed E-state index contributed by atoms with van der Waals surface area (Å²) >= 11 is 0. The number of rotatable bonds is 7. The predicted molar refractivity (Wildman–Crippen MR) is 117 cm³/mol. The number of hydrogen-bond donors (Lipinski definition) is 1. The Labute approximate surface area is 191 Å². The number of likely N-dealkylation sites (tertiary alicyclic amines) is 1. The highest BCUT2D eigenvalue weighted by atomic mass is 19.4. The normalized spacial score (nSPS) is 17.3. The van der Waals surface area contributed by atoms with Crippen LogP contribution in [-0.4, -0.2) is 36.2 Å². The van der Waals surface area contributed by atoms with E-state index in [0.717, 1.165) is 0 Å². The zero-order chi connectivity index (χ0) is 24.0. The standard InChI is InChI=1S/C24H29F3N2O4/c1-16(2)15-22(30)29-13-11-17(12-14-29)23(31)28-20-5-3-4-6-21(20)32-18-7-9-19(10-8-18)33-24(25,26)27/h3-7,9,16-17H,8,10-15H2,1-2H3,(H,28,31). The fraction of sp³-hybridized carbons (Fsp3) is 0.500. The van der Waals surface area contributed by atoms with Crippen molar-refractivity contribution in [2.75, 3.05) is 18.4 Å². The van der Waals surface area contributed by atoms with Gasteiger partial charge in [-0.3, -0.25) is 9.59 Å². The van der Waals surface area contributed by atoms with Gasteiger partial charge >= 0.3 is 6.36 Å². The van der Waals surface area contributed by atoms with Gasteiger partial charge in [-0.1, -0.05) is 26.0 Å². The Bertz CT molecular complexity index is 917. The Morgan fingerprint density at radius 1 is 1.09 bits per heavy atom. The predicted octanol–water partition coefficient (Wildman–Crippen LogP) is 5.39. The number of alkyl halides is 3. The van der Waals surface area contributed by atoms with Crippen molar-refractivity contribution in [1.82, 2.24) is 4.90 Å². The molecule has 0 radical (unpaired) electrons. The maximum atomic E-state index is 12.8. The molecule has 0 atom stereocenters. The average molecular weight is 467 g/mol. The van der Waals surface area contributed by atoms with Gasteiger partial charge in [-0.05, 0) is 43.0 Å². The second-order valence-corrected chi connectivity index (χ2v) is 8.65. The third-order valence-electron chi connectivity index (χ3n) is 5.51. The molecule has 1 aliphatic carbocycles. The number of amides is 2. The molecule has 1 fully saturated rings. The number of hydrogen-bond acceptors (Lipinski definition) is 4. The molecule has 180 valence electrons. The van der Waals surface area contributed by atoms with Gasteiger partial charge in [0.25, 0.3) is 0 Å².